The van der Waals surface area contributed by atoms with Crippen LogP contribution in [0.2, 0.25) is 0 Å². The summed E-state index contributed by atoms with van der Waals surface area (Å²) in [5, 5.41) is 0. The van der Waals surface area contributed by atoms with E-state index in [1.54, 1.807) is 4.90 Å². The summed E-state index contributed by atoms with van der Waals surface area (Å²) in [7, 11) is 0. The fourth-order valence-corrected chi connectivity index (χ4v) is 2.97. The zero-order chi connectivity index (χ0) is 17.0. The Labute approximate surface area is 139 Å². The fraction of sp³-hybridized carbons (Fsp3) is 0.882. The quantitative estimate of drug-likeness (QED) is 0.793. The van der Waals surface area contributed by atoms with Crippen LogP contribution in [-0.2, 0) is 9.53 Å². The highest BCUT2D eigenvalue weighted by Gasteiger charge is 2.42. The standard InChI is InChI=1S/C17H31N3O3/c1-5-6-8-18-10-12-19(13-11-18)15(21)14-7-9-20(14)16(22)23-17(2,3)4/h14H,5-13H2,1-4H3. The van der Waals surface area contributed by atoms with Gasteiger partial charge in [0.25, 0.3) is 0 Å². The number of hydrogen-bond donors (Lipinski definition) is 0. The van der Waals surface area contributed by atoms with Crippen molar-refractivity contribution in [3.8, 4) is 0 Å². The van der Waals surface area contributed by atoms with Crippen LogP contribution in [0.1, 0.15) is 47.0 Å². The lowest BCUT2D eigenvalue weighted by Gasteiger charge is -2.44. The third-order valence-electron chi connectivity index (χ3n) is 4.44. The number of ether oxygens (including phenoxy) is 1. The molecule has 2 amide bonds. The first-order valence-electron chi connectivity index (χ1n) is 8.82. The minimum atomic E-state index is -0.523. The summed E-state index contributed by atoms with van der Waals surface area (Å²) in [6, 6.07) is -0.327. The molecule has 2 fully saturated rings. The van der Waals surface area contributed by atoms with E-state index in [1.807, 2.05) is 25.7 Å². The molecule has 0 aromatic carbocycles. The maximum absolute atomic E-state index is 12.6. The third kappa shape index (κ3) is 4.83. The summed E-state index contributed by atoms with van der Waals surface area (Å²) < 4.78 is 5.38. The van der Waals surface area contributed by atoms with Crippen LogP contribution in [0.4, 0.5) is 4.79 Å². The SMILES string of the molecule is CCCCN1CCN(C(=O)C2CCN2C(=O)OC(C)(C)C)CC1. The maximum atomic E-state index is 12.6. The molecule has 0 aliphatic carbocycles. The van der Waals surface area contributed by atoms with Crippen LogP contribution in [0.25, 0.3) is 0 Å². The van der Waals surface area contributed by atoms with Crippen molar-refractivity contribution >= 4 is 12.0 Å². The van der Waals surface area contributed by atoms with Crippen molar-refractivity contribution in [1.29, 1.82) is 0 Å². The van der Waals surface area contributed by atoms with Crippen molar-refractivity contribution in [3.63, 3.8) is 0 Å². The smallest absolute Gasteiger partial charge is 0.410 e. The van der Waals surface area contributed by atoms with Crippen LogP contribution in [0.3, 0.4) is 0 Å². The number of carbonyl (C=O) groups is 2. The van der Waals surface area contributed by atoms with Gasteiger partial charge in [0.05, 0.1) is 0 Å². The lowest BCUT2D eigenvalue weighted by Crippen LogP contribution is -2.62. The minimum Gasteiger partial charge on any atom is -0.444 e. The van der Waals surface area contributed by atoms with Crippen LogP contribution >= 0.6 is 0 Å². The Bertz CT molecular complexity index is 425. The lowest BCUT2D eigenvalue weighted by atomic mass is 10.0. The Morgan fingerprint density at radius 3 is 2.22 bits per heavy atom. The second-order valence-corrected chi connectivity index (χ2v) is 7.50. The van der Waals surface area contributed by atoms with E-state index in [-0.39, 0.29) is 18.0 Å². The lowest BCUT2D eigenvalue weighted by molar-refractivity contribution is -0.143. The molecule has 0 bridgehead atoms. The topological polar surface area (TPSA) is 53.1 Å². The van der Waals surface area contributed by atoms with Gasteiger partial charge in [-0.25, -0.2) is 4.79 Å². The molecule has 1 atom stereocenters. The molecule has 2 saturated heterocycles. The Morgan fingerprint density at radius 1 is 1.09 bits per heavy atom. The first kappa shape index (κ1) is 18.0. The zero-order valence-electron chi connectivity index (χ0n) is 15.0. The van der Waals surface area contributed by atoms with E-state index in [0.29, 0.717) is 6.54 Å². The highest BCUT2D eigenvalue weighted by Crippen LogP contribution is 2.23. The van der Waals surface area contributed by atoms with Gasteiger partial charge in [-0.15, -0.1) is 0 Å². The van der Waals surface area contributed by atoms with Gasteiger partial charge in [-0.2, -0.15) is 0 Å². The van der Waals surface area contributed by atoms with Crippen LogP contribution in [0.15, 0.2) is 0 Å². The molecule has 0 saturated carbocycles. The number of unbranched alkanes of at least 4 members (excludes halogenated alkanes) is 1. The number of likely N-dealkylation sites (tertiary alicyclic amines) is 1. The summed E-state index contributed by atoms with van der Waals surface area (Å²) in [5.41, 5.74) is -0.523. The monoisotopic (exact) mass is 325 g/mol. The van der Waals surface area contributed by atoms with Crippen LogP contribution in [0, 0.1) is 0 Å². The summed E-state index contributed by atoms with van der Waals surface area (Å²) in [4.78, 5) is 30.7. The first-order chi connectivity index (χ1) is 10.8. The van der Waals surface area contributed by atoms with Gasteiger partial charge < -0.3 is 9.64 Å². The number of amides is 2. The van der Waals surface area contributed by atoms with Gasteiger partial charge in [0, 0.05) is 32.7 Å². The Hall–Kier alpha value is -1.30. The molecule has 0 N–H and O–H groups in total. The van der Waals surface area contributed by atoms with E-state index in [9.17, 15) is 9.59 Å². The fourth-order valence-electron chi connectivity index (χ4n) is 2.97. The molecule has 2 aliphatic rings. The first-order valence-corrected chi connectivity index (χ1v) is 8.82. The van der Waals surface area contributed by atoms with Gasteiger partial charge in [-0.1, -0.05) is 13.3 Å². The molecule has 0 spiro atoms. The Morgan fingerprint density at radius 2 is 1.74 bits per heavy atom. The zero-order valence-corrected chi connectivity index (χ0v) is 15.0. The third-order valence-corrected chi connectivity index (χ3v) is 4.44. The van der Waals surface area contributed by atoms with E-state index >= 15 is 0 Å². The van der Waals surface area contributed by atoms with Gasteiger partial charge >= 0.3 is 6.09 Å². The predicted octanol–water partition coefficient (Wildman–Crippen LogP) is 1.94. The molecule has 0 radical (unpaired) electrons. The predicted molar refractivity (Wildman–Crippen MR) is 89.3 cm³/mol. The van der Waals surface area contributed by atoms with Gasteiger partial charge in [0.2, 0.25) is 5.91 Å². The largest absolute Gasteiger partial charge is 0.444 e. The number of piperazine rings is 1. The molecule has 2 aliphatic heterocycles. The number of rotatable bonds is 4. The Balaban J connectivity index is 1.81. The van der Waals surface area contributed by atoms with Gasteiger partial charge in [-0.3, -0.25) is 14.6 Å². The summed E-state index contributed by atoms with van der Waals surface area (Å²) in [6.07, 6.45) is 2.78. The highest BCUT2D eigenvalue weighted by atomic mass is 16.6. The molecule has 6 heteroatoms. The van der Waals surface area contributed by atoms with Crippen molar-refractivity contribution < 1.29 is 14.3 Å². The van der Waals surface area contributed by atoms with E-state index in [2.05, 4.69) is 11.8 Å². The van der Waals surface area contributed by atoms with Crippen LogP contribution in [0.5, 0.6) is 0 Å². The Kier molecular flexibility index (Phi) is 5.89. The molecule has 1 unspecified atom stereocenters. The molecule has 6 nitrogen and oxygen atoms in total. The number of carbonyl (C=O) groups excluding carboxylic acids is 2. The molecule has 132 valence electrons. The molecule has 23 heavy (non-hydrogen) atoms. The molecular weight excluding hydrogens is 294 g/mol. The summed E-state index contributed by atoms with van der Waals surface area (Å²) >= 11 is 0. The average Bonchev–Trinajstić information content (AvgIpc) is 2.42. The van der Waals surface area contributed by atoms with Gasteiger partial charge in [-0.05, 0) is 40.2 Å². The highest BCUT2D eigenvalue weighted by molar-refractivity contribution is 5.87. The minimum absolute atomic E-state index is 0.0808. The molecular formula is C17H31N3O3. The molecule has 2 heterocycles. The molecule has 2 rings (SSSR count). The van der Waals surface area contributed by atoms with E-state index in [0.717, 1.165) is 39.1 Å². The summed E-state index contributed by atoms with van der Waals surface area (Å²) in [6.45, 7) is 12.9. The number of hydrogen-bond acceptors (Lipinski definition) is 4. The van der Waals surface area contributed by atoms with Gasteiger partial charge in [0.15, 0.2) is 0 Å². The van der Waals surface area contributed by atoms with E-state index in [4.69, 9.17) is 4.74 Å². The molecule has 0 aromatic heterocycles. The van der Waals surface area contributed by atoms with E-state index < -0.39 is 5.60 Å². The molecule has 0 aromatic rings. The van der Waals surface area contributed by atoms with Crippen molar-refractivity contribution in [1.82, 2.24) is 14.7 Å². The normalized spacial score (nSPS) is 22.7. The second kappa shape index (κ2) is 7.51. The van der Waals surface area contributed by atoms with Crippen molar-refractivity contribution in [3.05, 3.63) is 0 Å². The van der Waals surface area contributed by atoms with Crippen molar-refractivity contribution in [2.75, 3.05) is 39.3 Å². The number of nitrogens with zero attached hydrogens (tertiary/aromatic N) is 3. The van der Waals surface area contributed by atoms with Crippen molar-refractivity contribution in [2.24, 2.45) is 0 Å². The van der Waals surface area contributed by atoms with E-state index in [1.165, 1.54) is 12.8 Å². The summed E-state index contributed by atoms with van der Waals surface area (Å²) in [5.74, 6) is 0.0808. The second-order valence-electron chi connectivity index (χ2n) is 7.50. The van der Waals surface area contributed by atoms with Gasteiger partial charge in [0.1, 0.15) is 11.6 Å². The van der Waals surface area contributed by atoms with Crippen molar-refractivity contribution in [2.45, 2.75) is 58.6 Å². The maximum Gasteiger partial charge on any atom is 0.410 e. The van der Waals surface area contributed by atoms with Crippen LogP contribution in [-0.4, -0.2) is 77.6 Å². The van der Waals surface area contributed by atoms with Crippen LogP contribution < -0.4 is 0 Å². The average molecular weight is 325 g/mol.